The highest BCUT2D eigenvalue weighted by atomic mass is 19.2. The van der Waals surface area contributed by atoms with Crippen molar-refractivity contribution in [2.45, 2.75) is 0 Å². The fourth-order valence-corrected chi connectivity index (χ4v) is 2.75. The van der Waals surface area contributed by atoms with E-state index < -0.39 is 70.0 Å². The van der Waals surface area contributed by atoms with Crippen molar-refractivity contribution in [3.8, 4) is 11.4 Å². The van der Waals surface area contributed by atoms with Gasteiger partial charge in [-0.3, -0.25) is 4.79 Å². The van der Waals surface area contributed by atoms with E-state index in [1.54, 1.807) is 0 Å². The standard InChI is InChI=1S/C17H8BF6NO4/c1-28-16-13(22)11(21)5-8-14(16)25(12-3-2-7(19)4-10(12)20)6-9(15(8)26)17(27)29-18(23)24/h2-6H,1H3. The Bertz CT molecular complexity index is 1200. The van der Waals surface area contributed by atoms with Crippen LogP contribution >= 0.6 is 0 Å². The number of carbonyl (C=O) groups is 1. The zero-order valence-electron chi connectivity index (χ0n) is 14.3. The highest BCUT2D eigenvalue weighted by Gasteiger charge is 2.28. The highest BCUT2D eigenvalue weighted by Crippen LogP contribution is 2.32. The number of halogens is 6. The van der Waals surface area contributed by atoms with Crippen molar-refractivity contribution in [2.75, 3.05) is 7.11 Å². The molecule has 1 heterocycles. The summed E-state index contributed by atoms with van der Waals surface area (Å²) >= 11 is 0. The van der Waals surface area contributed by atoms with Crippen LogP contribution in [0.3, 0.4) is 0 Å². The van der Waals surface area contributed by atoms with Gasteiger partial charge in [-0.05, 0) is 18.2 Å². The van der Waals surface area contributed by atoms with Gasteiger partial charge in [-0.1, -0.05) is 0 Å². The molecule has 0 saturated carbocycles. The lowest BCUT2D eigenvalue weighted by Crippen LogP contribution is -2.24. The molecule has 0 fully saturated rings. The molecule has 29 heavy (non-hydrogen) atoms. The Morgan fingerprint density at radius 3 is 2.34 bits per heavy atom. The van der Waals surface area contributed by atoms with E-state index in [0.29, 0.717) is 22.9 Å². The number of pyridine rings is 1. The third-order valence-electron chi connectivity index (χ3n) is 3.93. The number of nitrogens with zero attached hydrogens (tertiary/aromatic N) is 1. The van der Waals surface area contributed by atoms with E-state index in [1.165, 1.54) is 0 Å². The Kier molecular flexibility index (Phi) is 5.27. The average molecular weight is 415 g/mol. The molecule has 0 N–H and O–H groups in total. The Hall–Kier alpha value is -3.44. The molecule has 0 atom stereocenters. The Morgan fingerprint density at radius 2 is 1.76 bits per heavy atom. The molecule has 12 heteroatoms. The van der Waals surface area contributed by atoms with Crippen LogP contribution in [-0.4, -0.2) is 25.1 Å². The van der Waals surface area contributed by atoms with Gasteiger partial charge in [0.05, 0.1) is 18.2 Å². The molecular weight excluding hydrogens is 407 g/mol. The van der Waals surface area contributed by atoms with Crippen LogP contribution in [0.5, 0.6) is 5.75 Å². The van der Waals surface area contributed by atoms with Crippen molar-refractivity contribution in [3.63, 3.8) is 0 Å². The van der Waals surface area contributed by atoms with E-state index in [-0.39, 0.29) is 0 Å². The molecule has 0 amide bonds. The molecule has 0 aliphatic heterocycles. The maximum absolute atomic E-state index is 14.3. The fraction of sp³-hybridized carbons (Fsp3) is 0.0588. The molecule has 2 aromatic carbocycles. The van der Waals surface area contributed by atoms with Gasteiger partial charge in [0, 0.05) is 12.3 Å². The number of hydrogen-bond acceptors (Lipinski definition) is 4. The Morgan fingerprint density at radius 1 is 1.07 bits per heavy atom. The van der Waals surface area contributed by atoms with Crippen molar-refractivity contribution in [1.29, 1.82) is 0 Å². The van der Waals surface area contributed by atoms with Gasteiger partial charge in [0.25, 0.3) is 0 Å². The minimum Gasteiger partial charge on any atom is -0.491 e. The zero-order chi connectivity index (χ0) is 21.5. The number of benzene rings is 2. The topological polar surface area (TPSA) is 57.5 Å². The fourth-order valence-electron chi connectivity index (χ4n) is 2.75. The number of ether oxygens (including phenoxy) is 1. The summed E-state index contributed by atoms with van der Waals surface area (Å²) in [7, 11) is -2.64. The molecule has 0 saturated heterocycles. The summed E-state index contributed by atoms with van der Waals surface area (Å²) in [5, 5.41) is -0.687. The van der Waals surface area contributed by atoms with Crippen LogP contribution in [0.15, 0.2) is 35.3 Å². The van der Waals surface area contributed by atoms with Gasteiger partial charge in [0.15, 0.2) is 11.6 Å². The van der Waals surface area contributed by atoms with Gasteiger partial charge < -0.3 is 14.0 Å². The van der Waals surface area contributed by atoms with Crippen LogP contribution in [0.4, 0.5) is 26.2 Å². The van der Waals surface area contributed by atoms with Gasteiger partial charge in [-0.25, -0.2) is 26.6 Å². The first kappa shape index (κ1) is 20.3. The average Bonchev–Trinajstić information content (AvgIpc) is 2.64. The summed E-state index contributed by atoms with van der Waals surface area (Å²) < 4.78 is 89.7. The molecule has 0 radical (unpaired) electrons. The molecule has 0 bridgehead atoms. The number of methoxy groups -OCH3 is 1. The van der Waals surface area contributed by atoms with E-state index in [0.717, 1.165) is 19.2 Å². The van der Waals surface area contributed by atoms with Crippen molar-refractivity contribution >= 4 is 24.3 Å². The van der Waals surface area contributed by atoms with Crippen LogP contribution in [-0.2, 0) is 4.65 Å². The Labute approximate surface area is 158 Å². The van der Waals surface area contributed by atoms with Crippen LogP contribution in [0.25, 0.3) is 16.6 Å². The quantitative estimate of drug-likeness (QED) is 0.483. The number of rotatable bonds is 4. The van der Waals surface area contributed by atoms with Crippen LogP contribution in [0.1, 0.15) is 10.4 Å². The SMILES string of the molecule is COc1c(F)c(F)cc2c(=O)c(C(=O)OB(F)F)cn(-c3ccc(F)cc3F)c12. The third kappa shape index (κ3) is 3.53. The Balaban J connectivity index is 2.50. The molecule has 1 aromatic heterocycles. The highest BCUT2D eigenvalue weighted by molar-refractivity contribution is 6.38. The summed E-state index contributed by atoms with van der Waals surface area (Å²) in [6.45, 7) is 0. The maximum atomic E-state index is 14.3. The largest absolute Gasteiger partial charge is 0.798 e. The molecular formula is C17H8BF6NO4. The van der Waals surface area contributed by atoms with E-state index in [2.05, 4.69) is 4.65 Å². The van der Waals surface area contributed by atoms with Crippen LogP contribution < -0.4 is 10.2 Å². The minimum absolute atomic E-state index is 0.395. The summed E-state index contributed by atoms with van der Waals surface area (Å²) in [6.07, 6.45) is 0.589. The van der Waals surface area contributed by atoms with Crippen LogP contribution in [0.2, 0.25) is 0 Å². The van der Waals surface area contributed by atoms with Gasteiger partial charge in [-0.2, -0.15) is 4.39 Å². The summed E-state index contributed by atoms with van der Waals surface area (Å²) in [6, 6.07) is 2.53. The number of hydrogen-bond donors (Lipinski definition) is 0. The molecule has 3 rings (SSSR count). The van der Waals surface area contributed by atoms with Crippen molar-refractivity contribution < 1.29 is 40.4 Å². The lowest BCUT2D eigenvalue weighted by molar-refractivity contribution is 0.0693. The molecule has 5 nitrogen and oxygen atoms in total. The van der Waals surface area contributed by atoms with Gasteiger partial charge >= 0.3 is 13.4 Å². The predicted molar refractivity (Wildman–Crippen MR) is 89.3 cm³/mol. The summed E-state index contributed by atoms with van der Waals surface area (Å²) in [5.74, 6) is -7.87. The second-order valence-corrected chi connectivity index (χ2v) is 5.61. The molecule has 0 spiro atoms. The summed E-state index contributed by atoms with van der Waals surface area (Å²) in [5.41, 5.74) is -3.33. The molecule has 3 aromatic rings. The second-order valence-electron chi connectivity index (χ2n) is 5.61. The number of aromatic nitrogens is 1. The van der Waals surface area contributed by atoms with Crippen molar-refractivity contribution in [1.82, 2.24) is 4.57 Å². The number of fused-ring (bicyclic) bond motifs is 1. The van der Waals surface area contributed by atoms with Crippen LogP contribution in [0, 0.1) is 23.3 Å². The molecule has 0 aliphatic carbocycles. The van der Waals surface area contributed by atoms with E-state index in [1.807, 2.05) is 0 Å². The van der Waals surface area contributed by atoms with Gasteiger partial charge in [0.2, 0.25) is 11.2 Å². The first-order chi connectivity index (χ1) is 13.6. The first-order valence-electron chi connectivity index (χ1n) is 7.71. The first-order valence-corrected chi connectivity index (χ1v) is 7.71. The third-order valence-corrected chi connectivity index (χ3v) is 3.93. The second kappa shape index (κ2) is 7.53. The van der Waals surface area contributed by atoms with Gasteiger partial charge in [0.1, 0.15) is 22.7 Å². The van der Waals surface area contributed by atoms with Gasteiger partial charge in [-0.15, -0.1) is 0 Å². The van der Waals surface area contributed by atoms with E-state index >= 15 is 0 Å². The monoisotopic (exact) mass is 415 g/mol. The zero-order valence-corrected chi connectivity index (χ0v) is 14.3. The predicted octanol–water partition coefficient (Wildman–Crippen LogP) is 3.64. The molecule has 0 unspecified atom stereocenters. The van der Waals surface area contributed by atoms with Crippen molar-refractivity contribution in [3.05, 3.63) is 69.5 Å². The molecule has 150 valence electrons. The smallest absolute Gasteiger partial charge is 0.491 e. The van der Waals surface area contributed by atoms with E-state index in [4.69, 9.17) is 4.74 Å². The van der Waals surface area contributed by atoms with E-state index in [9.17, 15) is 35.8 Å². The number of carbonyl (C=O) groups excluding carboxylic acids is 1. The summed E-state index contributed by atoms with van der Waals surface area (Å²) in [4.78, 5) is 24.4. The lowest BCUT2D eigenvalue weighted by atomic mass is 10.1. The normalized spacial score (nSPS) is 10.9. The van der Waals surface area contributed by atoms with Crippen molar-refractivity contribution in [2.24, 2.45) is 0 Å². The maximum Gasteiger partial charge on any atom is 0.798 e. The lowest BCUT2D eigenvalue weighted by Gasteiger charge is -2.17. The minimum atomic E-state index is -3.58. The molecule has 0 aliphatic rings.